The number of carbonyl (C=O) groups is 1. The number of benzene rings is 2. The maximum absolute atomic E-state index is 12.7. The number of thiazole rings is 1. The van der Waals surface area contributed by atoms with Crippen LogP contribution in [0, 0.1) is 6.92 Å². The van der Waals surface area contributed by atoms with Gasteiger partial charge in [0.15, 0.2) is 4.96 Å². The molecule has 0 unspecified atom stereocenters. The summed E-state index contributed by atoms with van der Waals surface area (Å²) in [4.78, 5) is 17.9. The second-order valence-corrected chi connectivity index (χ2v) is 8.69. The fourth-order valence-electron chi connectivity index (χ4n) is 2.73. The zero-order chi connectivity index (χ0) is 19.9. The molecule has 142 valence electrons. The molecule has 0 bridgehead atoms. The Morgan fingerprint density at radius 1 is 1.11 bits per heavy atom. The maximum atomic E-state index is 12.7. The van der Waals surface area contributed by atoms with Gasteiger partial charge in [0.2, 0.25) is 10.0 Å². The van der Waals surface area contributed by atoms with E-state index in [1.165, 1.54) is 41.2 Å². The van der Waals surface area contributed by atoms with Gasteiger partial charge < -0.3 is 5.32 Å². The van der Waals surface area contributed by atoms with E-state index in [0.29, 0.717) is 16.3 Å². The van der Waals surface area contributed by atoms with Crippen molar-refractivity contribution in [2.45, 2.75) is 11.8 Å². The molecular formula is C19H16N4O3S2. The lowest BCUT2D eigenvalue weighted by atomic mass is 10.1. The van der Waals surface area contributed by atoms with E-state index in [4.69, 9.17) is 5.14 Å². The number of nitrogens with zero attached hydrogens (tertiary/aromatic N) is 2. The molecule has 0 aliphatic rings. The molecule has 4 aromatic rings. The minimum atomic E-state index is -3.77. The smallest absolute Gasteiger partial charge is 0.273 e. The molecule has 1 amide bonds. The molecule has 0 saturated heterocycles. The molecule has 0 spiro atoms. The highest BCUT2D eigenvalue weighted by Crippen LogP contribution is 2.24. The number of primary sulfonamides is 1. The first-order valence-corrected chi connectivity index (χ1v) is 10.7. The molecule has 0 saturated carbocycles. The highest BCUT2D eigenvalue weighted by molar-refractivity contribution is 7.89. The van der Waals surface area contributed by atoms with Gasteiger partial charge in [0.25, 0.3) is 5.91 Å². The monoisotopic (exact) mass is 412 g/mol. The Bertz CT molecular complexity index is 1270. The summed E-state index contributed by atoms with van der Waals surface area (Å²) in [6.07, 6.45) is 1.83. The predicted molar refractivity (Wildman–Crippen MR) is 109 cm³/mol. The van der Waals surface area contributed by atoms with Gasteiger partial charge in [-0.2, -0.15) is 0 Å². The Labute approximate surface area is 165 Å². The zero-order valence-corrected chi connectivity index (χ0v) is 16.4. The van der Waals surface area contributed by atoms with Crippen LogP contribution in [0.2, 0.25) is 0 Å². The first-order valence-electron chi connectivity index (χ1n) is 8.29. The van der Waals surface area contributed by atoms with Crippen LogP contribution >= 0.6 is 11.3 Å². The first kappa shape index (κ1) is 18.4. The predicted octanol–water partition coefficient (Wildman–Crippen LogP) is 3.27. The van der Waals surface area contributed by atoms with Gasteiger partial charge in [-0.3, -0.25) is 9.20 Å². The van der Waals surface area contributed by atoms with Crippen molar-refractivity contribution in [2.24, 2.45) is 5.14 Å². The van der Waals surface area contributed by atoms with Gasteiger partial charge in [-0.25, -0.2) is 18.5 Å². The number of carbonyl (C=O) groups excluding carboxylic acids is 1. The van der Waals surface area contributed by atoms with Crippen molar-refractivity contribution in [3.05, 3.63) is 71.4 Å². The largest absolute Gasteiger partial charge is 0.321 e. The van der Waals surface area contributed by atoms with Crippen LogP contribution in [0.4, 0.5) is 5.69 Å². The van der Waals surface area contributed by atoms with Crippen LogP contribution in [-0.2, 0) is 10.0 Å². The molecule has 7 nitrogen and oxygen atoms in total. The van der Waals surface area contributed by atoms with E-state index in [-0.39, 0.29) is 10.8 Å². The standard InChI is InChI=1S/C19H16N4O3S2/c1-12-2-4-13(5-3-12)16-10-23-17(11-27-19(23)22-16)18(24)21-14-6-8-15(9-7-14)28(20,25)26/h2-11H,1H3,(H,21,24)(H2,20,25,26). The average molecular weight is 412 g/mol. The van der Waals surface area contributed by atoms with Gasteiger partial charge in [-0.15, -0.1) is 11.3 Å². The van der Waals surface area contributed by atoms with Gasteiger partial charge in [-0.05, 0) is 31.2 Å². The van der Waals surface area contributed by atoms with E-state index in [0.717, 1.165) is 11.3 Å². The summed E-state index contributed by atoms with van der Waals surface area (Å²) in [7, 11) is -3.77. The van der Waals surface area contributed by atoms with Crippen LogP contribution < -0.4 is 10.5 Å². The van der Waals surface area contributed by atoms with Crippen LogP contribution in [0.1, 0.15) is 16.1 Å². The molecule has 0 aliphatic heterocycles. The third-order valence-electron chi connectivity index (χ3n) is 4.23. The Morgan fingerprint density at radius 3 is 2.43 bits per heavy atom. The third-order valence-corrected chi connectivity index (χ3v) is 6.00. The number of amides is 1. The van der Waals surface area contributed by atoms with Crippen LogP contribution in [0.25, 0.3) is 16.2 Å². The molecule has 0 atom stereocenters. The fourth-order valence-corrected chi connectivity index (χ4v) is 4.10. The number of fused-ring (bicyclic) bond motifs is 1. The van der Waals surface area contributed by atoms with Crippen molar-refractivity contribution in [1.82, 2.24) is 9.38 Å². The van der Waals surface area contributed by atoms with E-state index < -0.39 is 10.0 Å². The molecule has 0 radical (unpaired) electrons. The zero-order valence-electron chi connectivity index (χ0n) is 14.8. The number of aryl methyl sites for hydroxylation is 1. The minimum absolute atomic E-state index is 0.0132. The quantitative estimate of drug-likeness (QED) is 0.536. The molecule has 28 heavy (non-hydrogen) atoms. The van der Waals surface area contributed by atoms with Gasteiger partial charge in [0.05, 0.1) is 10.6 Å². The van der Waals surface area contributed by atoms with Crippen molar-refractivity contribution in [1.29, 1.82) is 0 Å². The number of imidazole rings is 1. The number of hydrogen-bond acceptors (Lipinski definition) is 5. The number of nitrogens with one attached hydrogen (secondary N) is 1. The summed E-state index contributed by atoms with van der Waals surface area (Å²) in [5.74, 6) is -0.317. The maximum Gasteiger partial charge on any atom is 0.273 e. The lowest BCUT2D eigenvalue weighted by molar-refractivity contribution is 0.102. The normalized spacial score (nSPS) is 11.6. The van der Waals surface area contributed by atoms with E-state index in [1.54, 1.807) is 9.78 Å². The van der Waals surface area contributed by atoms with Crippen molar-refractivity contribution < 1.29 is 13.2 Å². The summed E-state index contributed by atoms with van der Waals surface area (Å²) >= 11 is 1.37. The highest BCUT2D eigenvalue weighted by Gasteiger charge is 2.16. The number of nitrogens with two attached hydrogens (primary N) is 1. The van der Waals surface area contributed by atoms with E-state index in [1.807, 2.05) is 37.4 Å². The fraction of sp³-hybridized carbons (Fsp3) is 0.0526. The number of rotatable bonds is 4. The summed E-state index contributed by atoms with van der Waals surface area (Å²) in [5, 5.41) is 9.57. The van der Waals surface area contributed by atoms with Crippen molar-refractivity contribution in [3.63, 3.8) is 0 Å². The highest BCUT2D eigenvalue weighted by atomic mass is 32.2. The molecule has 2 aromatic carbocycles. The summed E-state index contributed by atoms with van der Waals surface area (Å²) in [6, 6.07) is 13.7. The van der Waals surface area contributed by atoms with Gasteiger partial charge in [-0.1, -0.05) is 29.8 Å². The average Bonchev–Trinajstić information content (AvgIpc) is 3.22. The lowest BCUT2D eigenvalue weighted by Crippen LogP contribution is -2.15. The second-order valence-electron chi connectivity index (χ2n) is 6.29. The molecular weight excluding hydrogens is 396 g/mol. The van der Waals surface area contributed by atoms with Crippen LogP contribution in [0.5, 0.6) is 0 Å². The Kier molecular flexibility index (Phi) is 4.50. The Morgan fingerprint density at radius 2 is 1.79 bits per heavy atom. The number of aromatic nitrogens is 2. The molecule has 9 heteroatoms. The topological polar surface area (TPSA) is 107 Å². The van der Waals surface area contributed by atoms with Gasteiger partial charge >= 0.3 is 0 Å². The third kappa shape index (κ3) is 3.55. The number of hydrogen-bond donors (Lipinski definition) is 2. The second kappa shape index (κ2) is 6.86. The van der Waals surface area contributed by atoms with Crippen LogP contribution in [0.3, 0.4) is 0 Å². The van der Waals surface area contributed by atoms with Crippen molar-refractivity contribution >= 4 is 37.9 Å². The molecule has 2 aromatic heterocycles. The van der Waals surface area contributed by atoms with E-state index >= 15 is 0 Å². The molecule has 3 N–H and O–H groups in total. The van der Waals surface area contributed by atoms with Crippen molar-refractivity contribution in [3.8, 4) is 11.3 Å². The summed E-state index contributed by atoms with van der Waals surface area (Å²) in [6.45, 7) is 2.02. The van der Waals surface area contributed by atoms with Crippen molar-refractivity contribution in [2.75, 3.05) is 5.32 Å². The SMILES string of the molecule is Cc1ccc(-c2cn3c(C(=O)Nc4ccc(S(N)(=O)=O)cc4)csc3n2)cc1. The number of anilines is 1. The van der Waals surface area contributed by atoms with Crippen LogP contribution in [0.15, 0.2) is 65.0 Å². The van der Waals surface area contributed by atoms with E-state index in [9.17, 15) is 13.2 Å². The summed E-state index contributed by atoms with van der Waals surface area (Å²) in [5.41, 5.74) is 3.85. The van der Waals surface area contributed by atoms with Gasteiger partial charge in [0, 0.05) is 22.8 Å². The van der Waals surface area contributed by atoms with Crippen LogP contribution in [-0.4, -0.2) is 23.7 Å². The lowest BCUT2D eigenvalue weighted by Gasteiger charge is -2.05. The summed E-state index contributed by atoms with van der Waals surface area (Å²) < 4.78 is 24.4. The van der Waals surface area contributed by atoms with Gasteiger partial charge in [0.1, 0.15) is 5.69 Å². The number of sulfonamides is 1. The Hall–Kier alpha value is -3.01. The molecule has 4 rings (SSSR count). The minimum Gasteiger partial charge on any atom is -0.321 e. The first-order chi connectivity index (χ1) is 13.3. The molecule has 2 heterocycles. The molecule has 0 aliphatic carbocycles. The Balaban J connectivity index is 1.60. The van der Waals surface area contributed by atoms with E-state index in [2.05, 4.69) is 10.3 Å². The molecule has 0 fully saturated rings.